The number of nitrogens with two attached hydrogens (primary N) is 1. The molecule has 1 aromatic heterocycles. The van der Waals surface area contributed by atoms with Crippen molar-refractivity contribution in [3.8, 4) is 5.88 Å². The lowest BCUT2D eigenvalue weighted by molar-refractivity contribution is -0.278. The molecule has 0 bridgehead atoms. The maximum absolute atomic E-state index is 12.9. The van der Waals surface area contributed by atoms with E-state index in [1.165, 1.54) is 0 Å². The van der Waals surface area contributed by atoms with Gasteiger partial charge < -0.3 is 51.2 Å². The molecule has 0 radical (unpaired) electrons. The highest BCUT2D eigenvalue weighted by atomic mass is 16.7. The third kappa shape index (κ3) is 8.25. The van der Waals surface area contributed by atoms with E-state index in [0.717, 1.165) is 24.2 Å². The molecule has 0 aliphatic carbocycles. The van der Waals surface area contributed by atoms with Crippen molar-refractivity contribution in [2.45, 2.75) is 82.2 Å². The van der Waals surface area contributed by atoms with Gasteiger partial charge in [0.1, 0.15) is 30.0 Å². The van der Waals surface area contributed by atoms with Crippen LogP contribution in [0, 0.1) is 0 Å². The summed E-state index contributed by atoms with van der Waals surface area (Å²) >= 11 is 0. The number of ether oxygens (including phenoxy) is 2. The van der Waals surface area contributed by atoms with Gasteiger partial charge in [-0.3, -0.25) is 19.1 Å². The number of hydrogen-bond acceptors (Lipinski definition) is 11. The minimum atomic E-state index is -1.64. The summed E-state index contributed by atoms with van der Waals surface area (Å²) in [5.74, 6) is -0.857. The molecule has 2 fully saturated rings. The third-order valence-corrected chi connectivity index (χ3v) is 9.38. The predicted octanol–water partition coefficient (Wildman–Crippen LogP) is -0.715. The summed E-state index contributed by atoms with van der Waals surface area (Å²) in [5.41, 5.74) is 8.32. The van der Waals surface area contributed by atoms with Crippen molar-refractivity contribution < 1.29 is 44.3 Å². The molecule has 3 heterocycles. The lowest BCUT2D eigenvalue weighted by atomic mass is 9.95. The standard InChI is InChI=1S/C35H48N6O9/c1-35(2,34(48)41-17-15-37-16-18-41)38-26(43)6-4-5-20-7-9-21(10-8-20)11-12-22-23(31(36)47)13-14-24-27(22)32(39-40(24)3)50-33-30(46)29(45)28(44)25(19-42)49-33/h7-10,13-14,25,28-30,33,37,42,44-46H,4-6,11-12,15-19H2,1-3H3,(H2,36,47)(H,38,43)/t25-,28-,29+,30-,33+/m1/s1. The molecular weight excluding hydrogens is 648 g/mol. The number of benzene rings is 2. The fourth-order valence-electron chi connectivity index (χ4n) is 6.55. The Hall–Kier alpha value is -4.12. The van der Waals surface area contributed by atoms with E-state index < -0.39 is 48.8 Å². The second-order valence-electron chi connectivity index (χ2n) is 13.5. The van der Waals surface area contributed by atoms with Crippen LogP contribution in [0.4, 0.5) is 0 Å². The molecule has 3 aromatic rings. The normalized spacial score (nSPS) is 22.8. The number of carbonyl (C=O) groups excluding carboxylic acids is 3. The molecule has 15 heteroatoms. The second kappa shape index (κ2) is 15.8. The minimum absolute atomic E-state index is 0.0286. The van der Waals surface area contributed by atoms with Gasteiger partial charge in [0, 0.05) is 45.2 Å². The number of rotatable bonds is 13. The molecule has 2 aromatic carbocycles. The number of aromatic nitrogens is 2. The number of aliphatic hydroxyl groups is 4. The largest absolute Gasteiger partial charge is 0.443 e. The summed E-state index contributed by atoms with van der Waals surface area (Å²) in [6.07, 6.45) is -4.94. The summed E-state index contributed by atoms with van der Waals surface area (Å²) in [6, 6.07) is 11.3. The molecule has 2 saturated heterocycles. The van der Waals surface area contributed by atoms with Gasteiger partial charge in [-0.05, 0) is 68.4 Å². The lowest BCUT2D eigenvalue weighted by Crippen LogP contribution is -2.60. The Bertz CT molecular complexity index is 1670. The van der Waals surface area contributed by atoms with Crippen LogP contribution >= 0.6 is 0 Å². The lowest BCUT2D eigenvalue weighted by Gasteiger charge is -2.39. The highest BCUT2D eigenvalue weighted by Crippen LogP contribution is 2.34. The van der Waals surface area contributed by atoms with Gasteiger partial charge in [-0.25, -0.2) is 0 Å². The average molecular weight is 697 g/mol. The first-order chi connectivity index (χ1) is 23.8. The van der Waals surface area contributed by atoms with E-state index in [4.69, 9.17) is 15.2 Å². The molecule has 0 saturated carbocycles. The average Bonchev–Trinajstić information content (AvgIpc) is 3.42. The Morgan fingerprint density at radius 2 is 1.66 bits per heavy atom. The van der Waals surface area contributed by atoms with Crippen LogP contribution in [0.15, 0.2) is 36.4 Å². The molecule has 2 aliphatic rings. The van der Waals surface area contributed by atoms with E-state index in [2.05, 4.69) is 15.7 Å². The van der Waals surface area contributed by atoms with Crippen LogP contribution in [0.25, 0.3) is 10.9 Å². The number of primary amides is 1. The molecule has 272 valence electrons. The summed E-state index contributed by atoms with van der Waals surface area (Å²) in [4.78, 5) is 39.9. The number of amides is 3. The summed E-state index contributed by atoms with van der Waals surface area (Å²) in [6.45, 7) is 5.60. The van der Waals surface area contributed by atoms with E-state index in [9.17, 15) is 34.8 Å². The third-order valence-electron chi connectivity index (χ3n) is 9.38. The summed E-state index contributed by atoms with van der Waals surface area (Å²) in [5, 5.41) is 51.6. The minimum Gasteiger partial charge on any atom is -0.443 e. The van der Waals surface area contributed by atoms with Crippen molar-refractivity contribution in [1.29, 1.82) is 0 Å². The van der Waals surface area contributed by atoms with Crippen LogP contribution in [0.3, 0.4) is 0 Å². The van der Waals surface area contributed by atoms with Crippen molar-refractivity contribution in [2.75, 3.05) is 32.8 Å². The molecule has 3 amide bonds. The molecule has 0 spiro atoms. The van der Waals surface area contributed by atoms with Gasteiger partial charge in [0.2, 0.25) is 29.9 Å². The van der Waals surface area contributed by atoms with Crippen LogP contribution in [0.2, 0.25) is 0 Å². The Morgan fingerprint density at radius 1 is 1.00 bits per heavy atom. The van der Waals surface area contributed by atoms with E-state index in [-0.39, 0.29) is 23.3 Å². The predicted molar refractivity (Wildman–Crippen MR) is 182 cm³/mol. The highest BCUT2D eigenvalue weighted by molar-refractivity contribution is 6.01. The number of hydrogen-bond donors (Lipinski definition) is 7. The van der Waals surface area contributed by atoms with Gasteiger partial charge in [-0.15, -0.1) is 5.10 Å². The van der Waals surface area contributed by atoms with Crippen molar-refractivity contribution >= 4 is 28.6 Å². The number of aliphatic hydroxyl groups excluding tert-OH is 4. The Morgan fingerprint density at radius 3 is 2.30 bits per heavy atom. The first-order valence-electron chi connectivity index (χ1n) is 16.9. The van der Waals surface area contributed by atoms with Gasteiger partial charge in [0.25, 0.3) is 0 Å². The molecule has 5 atom stereocenters. The molecule has 2 aliphatic heterocycles. The highest BCUT2D eigenvalue weighted by Gasteiger charge is 2.45. The zero-order chi connectivity index (χ0) is 36.2. The quantitative estimate of drug-likeness (QED) is 0.118. The molecule has 50 heavy (non-hydrogen) atoms. The number of nitrogens with zero attached hydrogens (tertiary/aromatic N) is 3. The fourth-order valence-corrected chi connectivity index (χ4v) is 6.55. The SMILES string of the molecule is Cn1nc(O[C@@H]2O[C@H](CO)[C@@H](O)[C@H](O)[C@H]2O)c2c(CCc3ccc(CCCC(=O)NC(C)(C)C(=O)N4CCNCC4)cc3)c(C(N)=O)ccc21. The first kappa shape index (κ1) is 37.1. The maximum Gasteiger partial charge on any atom is 0.249 e. The topological polar surface area (TPSA) is 222 Å². The van der Waals surface area contributed by atoms with Crippen molar-refractivity contribution in [3.63, 3.8) is 0 Å². The van der Waals surface area contributed by atoms with Crippen molar-refractivity contribution in [2.24, 2.45) is 12.8 Å². The van der Waals surface area contributed by atoms with Gasteiger partial charge in [0.15, 0.2) is 0 Å². The van der Waals surface area contributed by atoms with Crippen LogP contribution in [-0.2, 0) is 40.6 Å². The summed E-state index contributed by atoms with van der Waals surface area (Å²) in [7, 11) is 1.69. The van der Waals surface area contributed by atoms with Gasteiger partial charge >= 0.3 is 0 Å². The van der Waals surface area contributed by atoms with Gasteiger partial charge in [0.05, 0.1) is 17.5 Å². The van der Waals surface area contributed by atoms with Crippen LogP contribution in [-0.4, -0.2) is 122 Å². The zero-order valence-corrected chi connectivity index (χ0v) is 28.7. The Labute approximate surface area is 290 Å². The number of carbonyl (C=O) groups is 3. The van der Waals surface area contributed by atoms with Crippen LogP contribution in [0.5, 0.6) is 5.88 Å². The maximum atomic E-state index is 12.9. The first-order valence-corrected chi connectivity index (χ1v) is 16.9. The monoisotopic (exact) mass is 696 g/mol. The summed E-state index contributed by atoms with van der Waals surface area (Å²) < 4.78 is 13.0. The Kier molecular flexibility index (Phi) is 11.8. The molecule has 15 nitrogen and oxygen atoms in total. The zero-order valence-electron chi connectivity index (χ0n) is 28.7. The number of aryl methyl sites for hydroxylation is 4. The Balaban J connectivity index is 1.22. The number of piperazine rings is 1. The second-order valence-corrected chi connectivity index (χ2v) is 13.5. The van der Waals surface area contributed by atoms with E-state index >= 15 is 0 Å². The fraction of sp³-hybridized carbons (Fsp3) is 0.543. The molecule has 8 N–H and O–H groups in total. The van der Waals surface area contributed by atoms with Gasteiger partial charge in [-0.2, -0.15) is 0 Å². The molecular formula is C35H48N6O9. The number of fused-ring (bicyclic) bond motifs is 1. The molecule has 0 unspecified atom stereocenters. The van der Waals surface area contributed by atoms with E-state index in [0.29, 0.717) is 61.7 Å². The van der Waals surface area contributed by atoms with E-state index in [1.807, 2.05) is 24.3 Å². The molecule has 5 rings (SSSR count). The number of nitrogens with one attached hydrogen (secondary N) is 2. The van der Waals surface area contributed by atoms with Crippen molar-refractivity contribution in [3.05, 3.63) is 58.7 Å². The van der Waals surface area contributed by atoms with E-state index in [1.54, 1.807) is 42.6 Å². The smallest absolute Gasteiger partial charge is 0.249 e. The van der Waals surface area contributed by atoms with Crippen LogP contribution in [0.1, 0.15) is 53.7 Å². The van der Waals surface area contributed by atoms with Crippen LogP contribution < -0.4 is 21.1 Å². The van der Waals surface area contributed by atoms with Crippen molar-refractivity contribution in [1.82, 2.24) is 25.3 Å². The van der Waals surface area contributed by atoms with Gasteiger partial charge in [-0.1, -0.05) is 24.3 Å².